The Bertz CT molecular complexity index is 1620. The number of carbonyl (C=O) groups excluding carboxylic acids is 2. The number of ether oxygens (including phenoxy) is 4. The van der Waals surface area contributed by atoms with Gasteiger partial charge in [0.15, 0.2) is 0 Å². The van der Waals surface area contributed by atoms with E-state index in [9.17, 15) is 9.59 Å². The third-order valence-electron chi connectivity index (χ3n) is 9.24. The van der Waals surface area contributed by atoms with Crippen molar-refractivity contribution in [1.82, 2.24) is 0 Å². The number of unbranched alkanes of at least 4 members (excludes halogenated alkanes) is 6. The molecule has 0 N–H and O–H groups in total. The maximum Gasteiger partial charge on any atom is 0.330 e. The van der Waals surface area contributed by atoms with E-state index < -0.39 is 5.41 Å². The summed E-state index contributed by atoms with van der Waals surface area (Å²) in [5, 5.41) is 0. The second kappa shape index (κ2) is 19.3. The van der Waals surface area contributed by atoms with Gasteiger partial charge in [0.2, 0.25) is 0 Å². The largest absolute Gasteiger partial charge is 0.494 e. The van der Waals surface area contributed by atoms with E-state index in [1.165, 1.54) is 45.5 Å². The molecule has 0 amide bonds. The monoisotopic (exact) mass is 686 g/mol. The van der Waals surface area contributed by atoms with Crippen LogP contribution in [-0.2, 0) is 24.5 Å². The molecule has 0 heterocycles. The summed E-state index contributed by atoms with van der Waals surface area (Å²) in [6.45, 7) is 5.80. The molecule has 0 spiro atoms. The van der Waals surface area contributed by atoms with Crippen molar-refractivity contribution in [3.05, 3.63) is 144 Å². The van der Waals surface area contributed by atoms with Crippen LogP contribution in [0.1, 0.15) is 87.5 Å². The highest BCUT2D eigenvalue weighted by molar-refractivity contribution is 5.86. The summed E-state index contributed by atoms with van der Waals surface area (Å²) in [5.74, 6) is 1.15. The molecule has 0 unspecified atom stereocenters. The molecule has 0 saturated carbocycles. The smallest absolute Gasteiger partial charge is 0.330 e. The number of hydrogen-bond donors (Lipinski definition) is 0. The zero-order chi connectivity index (χ0) is 35.7. The Morgan fingerprint density at radius 3 is 1.25 bits per heavy atom. The number of esters is 2. The Labute approximate surface area is 303 Å². The molecular formula is C45H50O6. The molecule has 0 bridgehead atoms. The van der Waals surface area contributed by atoms with Gasteiger partial charge < -0.3 is 18.9 Å². The van der Waals surface area contributed by atoms with Crippen LogP contribution < -0.4 is 9.47 Å². The average Bonchev–Trinajstić information content (AvgIpc) is 3.45. The summed E-state index contributed by atoms with van der Waals surface area (Å²) < 4.78 is 22.6. The summed E-state index contributed by atoms with van der Waals surface area (Å²) >= 11 is 0. The first-order chi connectivity index (χ1) is 25.1. The second-order valence-electron chi connectivity index (χ2n) is 12.8. The lowest BCUT2D eigenvalue weighted by Gasteiger charge is -2.34. The first-order valence-electron chi connectivity index (χ1n) is 18.3. The van der Waals surface area contributed by atoms with Crippen molar-refractivity contribution in [1.29, 1.82) is 0 Å². The highest BCUT2D eigenvalue weighted by Crippen LogP contribution is 2.56. The van der Waals surface area contributed by atoms with Crippen LogP contribution in [0.3, 0.4) is 0 Å². The quantitative estimate of drug-likeness (QED) is 0.0461. The van der Waals surface area contributed by atoms with Gasteiger partial charge in [-0.15, -0.1) is 0 Å². The number of allylic oxidation sites excluding steroid dienone is 2. The number of hydrogen-bond acceptors (Lipinski definition) is 6. The molecule has 5 rings (SSSR count). The molecule has 0 saturated heterocycles. The van der Waals surface area contributed by atoms with Gasteiger partial charge >= 0.3 is 11.9 Å². The number of carbonyl (C=O) groups is 2. The first-order valence-corrected chi connectivity index (χ1v) is 18.3. The van der Waals surface area contributed by atoms with E-state index in [0.29, 0.717) is 26.4 Å². The van der Waals surface area contributed by atoms with E-state index in [0.717, 1.165) is 62.9 Å². The van der Waals surface area contributed by atoms with Crippen molar-refractivity contribution >= 4 is 11.9 Å². The molecule has 1 aliphatic carbocycles. The van der Waals surface area contributed by atoms with E-state index in [-0.39, 0.29) is 11.9 Å². The van der Waals surface area contributed by atoms with Gasteiger partial charge in [-0.25, -0.2) is 9.59 Å². The van der Waals surface area contributed by atoms with Crippen LogP contribution in [0, 0.1) is 0 Å². The van der Waals surface area contributed by atoms with Gasteiger partial charge in [0.05, 0.1) is 31.8 Å². The molecule has 0 radical (unpaired) electrons. The van der Waals surface area contributed by atoms with Crippen LogP contribution in [0.4, 0.5) is 0 Å². The van der Waals surface area contributed by atoms with Crippen molar-refractivity contribution in [2.24, 2.45) is 0 Å². The van der Waals surface area contributed by atoms with Gasteiger partial charge in [-0.1, -0.05) is 84.9 Å². The van der Waals surface area contributed by atoms with E-state index in [2.05, 4.69) is 97.1 Å². The molecular weight excluding hydrogens is 636 g/mol. The van der Waals surface area contributed by atoms with Crippen LogP contribution in [0.5, 0.6) is 11.5 Å². The fourth-order valence-corrected chi connectivity index (χ4v) is 6.84. The normalized spacial score (nSPS) is 12.8. The highest BCUT2D eigenvalue weighted by Gasteiger charge is 2.45. The number of fused-ring (bicyclic) bond motifs is 3. The Morgan fingerprint density at radius 1 is 0.490 bits per heavy atom. The van der Waals surface area contributed by atoms with E-state index >= 15 is 0 Å². The van der Waals surface area contributed by atoms with Gasteiger partial charge in [-0.05, 0) is 123 Å². The molecule has 0 aromatic heterocycles. The Hall–Kier alpha value is -5.10. The van der Waals surface area contributed by atoms with E-state index in [1.807, 2.05) is 0 Å². The lowest BCUT2D eigenvalue weighted by Crippen LogP contribution is -2.28. The summed E-state index contributed by atoms with van der Waals surface area (Å²) in [7, 11) is 0. The minimum Gasteiger partial charge on any atom is -0.494 e. The molecule has 0 aliphatic heterocycles. The van der Waals surface area contributed by atoms with Crippen LogP contribution in [0.25, 0.3) is 11.1 Å². The summed E-state index contributed by atoms with van der Waals surface area (Å²) in [4.78, 5) is 22.9. The number of rotatable bonds is 20. The SMILES string of the molecule is CC=CC(=O)OCCCCCCOc1ccc(C2(c3ccc(OCCCCCCOC(=O)C=CC)cc3)c3ccccc3-c3ccccc32)cc1. The fourth-order valence-electron chi connectivity index (χ4n) is 6.84. The Kier molecular flexibility index (Phi) is 14.1. The maximum absolute atomic E-state index is 11.4. The van der Waals surface area contributed by atoms with E-state index in [1.54, 1.807) is 26.0 Å². The van der Waals surface area contributed by atoms with Crippen molar-refractivity contribution in [2.75, 3.05) is 26.4 Å². The predicted molar refractivity (Wildman–Crippen MR) is 203 cm³/mol. The zero-order valence-electron chi connectivity index (χ0n) is 30.0. The predicted octanol–water partition coefficient (Wildman–Crippen LogP) is 10.2. The van der Waals surface area contributed by atoms with Gasteiger partial charge in [-0.2, -0.15) is 0 Å². The molecule has 1 aliphatic rings. The molecule has 0 atom stereocenters. The topological polar surface area (TPSA) is 71.1 Å². The average molecular weight is 687 g/mol. The standard InChI is InChI=1S/C45H50O6/c1-3-17-43(46)50-33-15-7-5-13-31-48-37-27-23-35(24-28-37)45(41-21-11-9-19-39(41)40-20-10-12-22-42(40)45)36-25-29-38(30-26-36)49-32-14-6-8-16-34-51-44(47)18-4-2/h3-4,9-12,17-30H,5-8,13-16,31-34H2,1-2H3. The van der Waals surface area contributed by atoms with Gasteiger partial charge in [0, 0.05) is 12.2 Å². The summed E-state index contributed by atoms with van der Waals surface area (Å²) in [6, 6.07) is 34.6. The highest BCUT2D eigenvalue weighted by atomic mass is 16.5. The molecule has 4 aromatic rings. The minimum absolute atomic E-state index is 0.279. The minimum atomic E-state index is -0.489. The molecule has 51 heavy (non-hydrogen) atoms. The third kappa shape index (κ3) is 9.57. The van der Waals surface area contributed by atoms with Crippen LogP contribution in [0.2, 0.25) is 0 Å². The van der Waals surface area contributed by atoms with Crippen LogP contribution in [-0.4, -0.2) is 38.4 Å². The molecule has 4 aromatic carbocycles. The lowest BCUT2D eigenvalue weighted by atomic mass is 9.68. The first kappa shape index (κ1) is 37.2. The van der Waals surface area contributed by atoms with Crippen LogP contribution >= 0.6 is 0 Å². The Balaban J connectivity index is 1.23. The van der Waals surface area contributed by atoms with Gasteiger partial charge in [0.1, 0.15) is 11.5 Å². The van der Waals surface area contributed by atoms with Crippen LogP contribution in [0.15, 0.2) is 121 Å². The van der Waals surface area contributed by atoms with Crippen molar-refractivity contribution in [2.45, 2.75) is 70.6 Å². The van der Waals surface area contributed by atoms with Crippen molar-refractivity contribution in [3.8, 4) is 22.6 Å². The molecule has 6 nitrogen and oxygen atoms in total. The van der Waals surface area contributed by atoms with Crippen molar-refractivity contribution < 1.29 is 28.5 Å². The summed E-state index contributed by atoms with van der Waals surface area (Å²) in [6.07, 6.45) is 13.9. The molecule has 266 valence electrons. The molecule has 0 fully saturated rings. The zero-order valence-corrected chi connectivity index (χ0v) is 30.0. The maximum atomic E-state index is 11.4. The second-order valence-corrected chi connectivity index (χ2v) is 12.8. The van der Waals surface area contributed by atoms with Gasteiger partial charge in [-0.3, -0.25) is 0 Å². The third-order valence-corrected chi connectivity index (χ3v) is 9.24. The number of benzene rings is 4. The lowest BCUT2D eigenvalue weighted by molar-refractivity contribution is -0.138. The molecule has 6 heteroatoms. The fraction of sp³-hybridized carbons (Fsp3) is 0.333. The summed E-state index contributed by atoms with van der Waals surface area (Å²) in [5.41, 5.74) is 6.91. The van der Waals surface area contributed by atoms with E-state index in [4.69, 9.17) is 18.9 Å². The van der Waals surface area contributed by atoms with Crippen molar-refractivity contribution in [3.63, 3.8) is 0 Å². The Morgan fingerprint density at radius 2 is 0.863 bits per heavy atom. The van der Waals surface area contributed by atoms with Gasteiger partial charge in [0.25, 0.3) is 0 Å².